The Morgan fingerprint density at radius 1 is 0.333 bits per heavy atom. The van der Waals surface area contributed by atoms with E-state index in [0.29, 0.717) is 5.82 Å². The summed E-state index contributed by atoms with van der Waals surface area (Å²) in [7, 11) is 0. The fraction of sp³-hybridized carbons (Fsp3) is 0.0545. The van der Waals surface area contributed by atoms with Crippen LogP contribution in [0.3, 0.4) is 0 Å². The third-order valence-corrected chi connectivity index (χ3v) is 12.1. The van der Waals surface area contributed by atoms with Crippen molar-refractivity contribution in [2.45, 2.75) is 19.3 Å². The van der Waals surface area contributed by atoms with E-state index in [-0.39, 0.29) is 5.41 Å². The van der Waals surface area contributed by atoms with E-state index in [1.807, 2.05) is 0 Å². The van der Waals surface area contributed by atoms with Gasteiger partial charge >= 0.3 is 0 Å². The molecule has 0 aliphatic heterocycles. The molecule has 0 unspecified atom stereocenters. The molecule has 0 amide bonds. The molecule has 1 heterocycles. The second-order valence-corrected chi connectivity index (χ2v) is 15.7. The molecule has 0 saturated heterocycles. The first kappa shape index (κ1) is 33.2. The van der Waals surface area contributed by atoms with Gasteiger partial charge in [-0.25, -0.2) is 9.97 Å². The fourth-order valence-electron chi connectivity index (χ4n) is 9.22. The molecule has 0 fully saturated rings. The third-order valence-electron chi connectivity index (χ3n) is 12.1. The second-order valence-electron chi connectivity index (χ2n) is 15.7. The summed E-state index contributed by atoms with van der Waals surface area (Å²) in [5, 5.41) is 7.09. The van der Waals surface area contributed by atoms with Gasteiger partial charge in [0, 0.05) is 22.1 Å². The molecule has 0 bridgehead atoms. The molecule has 11 rings (SSSR count). The number of benzene rings is 9. The van der Waals surface area contributed by atoms with Crippen LogP contribution >= 0.6 is 0 Å². The van der Waals surface area contributed by atoms with Crippen molar-refractivity contribution in [1.29, 1.82) is 0 Å². The lowest BCUT2D eigenvalue weighted by molar-refractivity contribution is 0.660. The molecule has 0 spiro atoms. The highest BCUT2D eigenvalue weighted by molar-refractivity contribution is 6.19. The molecular formula is C55H38N2. The second kappa shape index (κ2) is 13.0. The van der Waals surface area contributed by atoms with Crippen LogP contribution in [0, 0.1) is 0 Å². The van der Waals surface area contributed by atoms with Gasteiger partial charge in [0.25, 0.3) is 0 Å². The molecular weight excluding hydrogens is 689 g/mol. The molecule has 9 aromatic carbocycles. The smallest absolute Gasteiger partial charge is 0.161 e. The Labute approximate surface area is 332 Å². The van der Waals surface area contributed by atoms with Crippen molar-refractivity contribution in [3.8, 4) is 67.3 Å². The molecule has 2 nitrogen and oxygen atoms in total. The van der Waals surface area contributed by atoms with E-state index < -0.39 is 0 Å². The van der Waals surface area contributed by atoms with Gasteiger partial charge in [0.15, 0.2) is 5.82 Å². The lowest BCUT2D eigenvalue weighted by Gasteiger charge is -2.21. The van der Waals surface area contributed by atoms with E-state index in [1.54, 1.807) is 0 Å². The number of fused-ring (bicyclic) bond motifs is 7. The first-order valence-corrected chi connectivity index (χ1v) is 19.7. The molecule has 268 valence electrons. The fourth-order valence-corrected chi connectivity index (χ4v) is 9.22. The number of hydrogen-bond donors (Lipinski definition) is 0. The van der Waals surface area contributed by atoms with Gasteiger partial charge in [-0.2, -0.15) is 0 Å². The van der Waals surface area contributed by atoms with Gasteiger partial charge in [-0.15, -0.1) is 0 Å². The molecule has 57 heavy (non-hydrogen) atoms. The van der Waals surface area contributed by atoms with E-state index in [9.17, 15) is 0 Å². The zero-order chi connectivity index (χ0) is 38.1. The Balaban J connectivity index is 1.15. The molecule has 10 aromatic rings. The average molecular weight is 727 g/mol. The Kier molecular flexibility index (Phi) is 7.55. The number of aromatic nitrogens is 2. The summed E-state index contributed by atoms with van der Waals surface area (Å²) in [6.07, 6.45) is 0. The Bertz CT molecular complexity index is 3190. The molecule has 1 aliphatic carbocycles. The van der Waals surface area contributed by atoms with Crippen molar-refractivity contribution in [1.82, 2.24) is 9.97 Å². The number of hydrogen-bond acceptors (Lipinski definition) is 2. The van der Waals surface area contributed by atoms with E-state index in [0.717, 1.165) is 44.4 Å². The minimum absolute atomic E-state index is 0.0525. The van der Waals surface area contributed by atoms with Crippen molar-refractivity contribution in [2.75, 3.05) is 0 Å². The highest BCUT2D eigenvalue weighted by atomic mass is 14.9. The van der Waals surface area contributed by atoms with Crippen molar-refractivity contribution < 1.29 is 0 Å². The minimum atomic E-state index is -0.0525. The van der Waals surface area contributed by atoms with Gasteiger partial charge in [-0.05, 0) is 95.0 Å². The summed E-state index contributed by atoms with van der Waals surface area (Å²) >= 11 is 0. The summed E-state index contributed by atoms with van der Waals surface area (Å²) in [4.78, 5) is 11.0. The van der Waals surface area contributed by atoms with Crippen molar-refractivity contribution in [3.63, 3.8) is 0 Å². The summed E-state index contributed by atoms with van der Waals surface area (Å²) in [6.45, 7) is 4.67. The quantitative estimate of drug-likeness (QED) is 0.130. The average Bonchev–Trinajstić information content (AvgIpc) is 3.51. The summed E-state index contributed by atoms with van der Waals surface area (Å²) in [6, 6.07) is 70.2. The highest BCUT2D eigenvalue weighted by Crippen LogP contribution is 2.50. The van der Waals surface area contributed by atoms with Crippen LogP contribution in [0.25, 0.3) is 99.6 Å². The van der Waals surface area contributed by atoms with Gasteiger partial charge in [-0.3, -0.25) is 0 Å². The summed E-state index contributed by atoms with van der Waals surface area (Å²) in [5.41, 5.74) is 14.9. The van der Waals surface area contributed by atoms with Crippen LogP contribution in [0.1, 0.15) is 25.0 Å². The van der Waals surface area contributed by atoms with E-state index in [2.05, 4.69) is 208 Å². The van der Waals surface area contributed by atoms with E-state index in [1.165, 1.54) is 60.5 Å². The Morgan fingerprint density at radius 2 is 0.930 bits per heavy atom. The van der Waals surface area contributed by atoms with Crippen LogP contribution in [0.2, 0.25) is 0 Å². The normalized spacial score (nSPS) is 12.9. The lowest BCUT2D eigenvalue weighted by Crippen LogP contribution is -2.14. The number of nitrogens with zero attached hydrogens (tertiary/aromatic N) is 2. The maximum Gasteiger partial charge on any atom is 0.161 e. The highest BCUT2D eigenvalue weighted by Gasteiger charge is 2.35. The zero-order valence-electron chi connectivity index (χ0n) is 31.9. The maximum atomic E-state index is 5.55. The predicted octanol–water partition coefficient (Wildman–Crippen LogP) is 14.6. The van der Waals surface area contributed by atoms with Gasteiger partial charge in [0.1, 0.15) is 0 Å². The topological polar surface area (TPSA) is 25.8 Å². The molecule has 0 N–H and O–H groups in total. The Hall–Kier alpha value is -7.16. The minimum Gasteiger partial charge on any atom is -0.228 e. The van der Waals surface area contributed by atoms with Crippen molar-refractivity contribution in [2.24, 2.45) is 0 Å². The van der Waals surface area contributed by atoms with Gasteiger partial charge in [0.2, 0.25) is 0 Å². The van der Waals surface area contributed by atoms with Crippen LogP contribution < -0.4 is 0 Å². The summed E-state index contributed by atoms with van der Waals surface area (Å²) < 4.78 is 0. The van der Waals surface area contributed by atoms with Gasteiger partial charge in [-0.1, -0.05) is 190 Å². The molecule has 0 saturated carbocycles. The maximum absolute atomic E-state index is 5.55. The standard InChI is InChI=1S/C55H38N2/c1-55(2)49-23-13-12-21-44(49)48-33-40(29-31-50(48)55)42-19-10-11-22-45(42)52-34-51(38-26-24-36(25-27-38)35-14-4-3-5-15-35)56-54(57-52)53-43-20-9-7-17-39(43)32-47-41-18-8-6-16-37(41)28-30-46(47)53/h3-34H,1-2H3. The van der Waals surface area contributed by atoms with Crippen molar-refractivity contribution in [3.05, 3.63) is 205 Å². The molecule has 1 aromatic heterocycles. The first-order valence-electron chi connectivity index (χ1n) is 19.7. The van der Waals surface area contributed by atoms with Crippen LogP contribution in [0.5, 0.6) is 0 Å². The SMILES string of the molecule is CC1(C)c2ccccc2-c2cc(-c3ccccc3-c3cc(-c4ccc(-c5ccccc5)cc4)nc(-c4c5ccccc5cc5c4ccc4ccccc45)n3)ccc21. The first-order chi connectivity index (χ1) is 28.0. The largest absolute Gasteiger partial charge is 0.228 e. The summed E-state index contributed by atoms with van der Waals surface area (Å²) in [5.74, 6) is 0.714. The molecule has 0 radical (unpaired) electrons. The van der Waals surface area contributed by atoms with Gasteiger partial charge in [0.05, 0.1) is 11.4 Å². The lowest BCUT2D eigenvalue weighted by atomic mass is 9.82. The van der Waals surface area contributed by atoms with Crippen LogP contribution in [0.15, 0.2) is 194 Å². The Morgan fingerprint density at radius 3 is 1.75 bits per heavy atom. The third kappa shape index (κ3) is 5.40. The zero-order valence-corrected chi connectivity index (χ0v) is 31.9. The molecule has 2 heteroatoms. The van der Waals surface area contributed by atoms with Crippen molar-refractivity contribution >= 4 is 32.3 Å². The van der Waals surface area contributed by atoms with E-state index >= 15 is 0 Å². The number of rotatable bonds is 5. The van der Waals surface area contributed by atoms with Gasteiger partial charge < -0.3 is 0 Å². The predicted molar refractivity (Wildman–Crippen MR) is 239 cm³/mol. The van der Waals surface area contributed by atoms with Crippen LogP contribution in [-0.4, -0.2) is 9.97 Å². The van der Waals surface area contributed by atoms with Crippen LogP contribution in [-0.2, 0) is 5.41 Å². The molecule has 0 atom stereocenters. The van der Waals surface area contributed by atoms with E-state index in [4.69, 9.17) is 9.97 Å². The monoisotopic (exact) mass is 726 g/mol. The van der Waals surface area contributed by atoms with Crippen LogP contribution in [0.4, 0.5) is 0 Å². The molecule has 1 aliphatic rings.